The molecule has 0 aliphatic heterocycles. The van der Waals surface area contributed by atoms with Crippen molar-refractivity contribution in [3.63, 3.8) is 0 Å². The fourth-order valence-electron chi connectivity index (χ4n) is 1.44. The van der Waals surface area contributed by atoms with Crippen LogP contribution in [0.1, 0.15) is 18.5 Å². The van der Waals surface area contributed by atoms with Crippen molar-refractivity contribution in [1.82, 2.24) is 5.32 Å². The third-order valence-corrected chi connectivity index (χ3v) is 2.75. The topological polar surface area (TPSA) is 52.5 Å². The molecule has 1 unspecified atom stereocenters. The van der Waals surface area contributed by atoms with Crippen LogP contribution in [0.3, 0.4) is 0 Å². The molecule has 0 radical (unpaired) electrons. The molecule has 0 fully saturated rings. The highest BCUT2D eigenvalue weighted by atomic mass is 35.5. The summed E-state index contributed by atoms with van der Waals surface area (Å²) in [5, 5.41) is 22.1. The molecule has 0 aromatic heterocycles. The van der Waals surface area contributed by atoms with Gasteiger partial charge >= 0.3 is 0 Å². The van der Waals surface area contributed by atoms with Gasteiger partial charge in [0.25, 0.3) is 0 Å². The first-order chi connectivity index (χ1) is 7.56. The zero-order chi connectivity index (χ0) is 12.1. The van der Waals surface area contributed by atoms with Gasteiger partial charge in [-0.25, -0.2) is 0 Å². The van der Waals surface area contributed by atoms with Crippen molar-refractivity contribution in [2.24, 2.45) is 0 Å². The zero-order valence-corrected chi connectivity index (χ0v) is 10.5. The van der Waals surface area contributed by atoms with Gasteiger partial charge in [0.05, 0.1) is 19.3 Å². The average molecular weight is 264 g/mol. The van der Waals surface area contributed by atoms with Gasteiger partial charge in [-0.3, -0.25) is 0 Å². The molecule has 0 heterocycles. The van der Waals surface area contributed by atoms with Crippen LogP contribution in [0.2, 0.25) is 10.0 Å². The molecule has 16 heavy (non-hydrogen) atoms. The Labute approximate surface area is 105 Å². The van der Waals surface area contributed by atoms with Gasteiger partial charge in [0.2, 0.25) is 0 Å². The Balaban J connectivity index is 2.75. The molecule has 0 aliphatic carbocycles. The van der Waals surface area contributed by atoms with E-state index >= 15 is 0 Å². The van der Waals surface area contributed by atoms with Gasteiger partial charge in [0.1, 0.15) is 0 Å². The average Bonchev–Trinajstić information content (AvgIpc) is 2.24. The summed E-state index contributed by atoms with van der Waals surface area (Å²) in [5.74, 6) is 0. The number of aliphatic hydroxyl groups excluding tert-OH is 2. The predicted molar refractivity (Wildman–Crippen MR) is 66.0 cm³/mol. The summed E-state index contributed by atoms with van der Waals surface area (Å²) in [5.41, 5.74) is 0.921. The maximum Gasteiger partial charge on any atom is 0.0607 e. The summed E-state index contributed by atoms with van der Waals surface area (Å²) < 4.78 is 0. The molecule has 0 saturated heterocycles. The Morgan fingerprint density at radius 2 is 1.62 bits per heavy atom. The molecule has 3 nitrogen and oxygen atoms in total. The molecule has 3 N–H and O–H groups in total. The molecular weight excluding hydrogens is 249 g/mol. The minimum absolute atomic E-state index is 0.0412. The second-order valence-electron chi connectivity index (χ2n) is 3.65. The van der Waals surface area contributed by atoms with Crippen molar-refractivity contribution >= 4 is 23.2 Å². The third-order valence-electron chi connectivity index (χ3n) is 2.31. The lowest BCUT2D eigenvalue weighted by Gasteiger charge is -2.20. The van der Waals surface area contributed by atoms with Crippen LogP contribution in [0, 0.1) is 0 Å². The van der Waals surface area contributed by atoms with Gasteiger partial charge in [0.15, 0.2) is 0 Å². The Kier molecular flexibility index (Phi) is 5.52. The van der Waals surface area contributed by atoms with E-state index in [0.29, 0.717) is 10.0 Å². The van der Waals surface area contributed by atoms with Crippen molar-refractivity contribution in [2.75, 3.05) is 13.2 Å². The fraction of sp³-hybridized carbons (Fsp3) is 0.455. The van der Waals surface area contributed by atoms with Gasteiger partial charge in [-0.05, 0) is 30.7 Å². The third kappa shape index (κ3) is 3.92. The van der Waals surface area contributed by atoms with E-state index in [-0.39, 0.29) is 25.3 Å². The first kappa shape index (κ1) is 13.7. The largest absolute Gasteiger partial charge is 0.395 e. The van der Waals surface area contributed by atoms with E-state index < -0.39 is 0 Å². The molecule has 1 rings (SSSR count). The number of rotatable bonds is 5. The predicted octanol–water partition coefficient (Wildman–Crippen LogP) is 2.00. The summed E-state index contributed by atoms with van der Waals surface area (Å²) in [7, 11) is 0. The van der Waals surface area contributed by atoms with E-state index in [1.807, 2.05) is 6.92 Å². The van der Waals surface area contributed by atoms with Gasteiger partial charge in [0, 0.05) is 16.1 Å². The quantitative estimate of drug-likeness (QED) is 0.762. The molecule has 0 aliphatic rings. The Morgan fingerprint density at radius 3 is 2.06 bits per heavy atom. The number of aliphatic hydroxyl groups is 2. The SMILES string of the molecule is CC(NC(CO)CO)c1cc(Cl)cc(Cl)c1. The minimum atomic E-state index is -0.340. The van der Waals surface area contributed by atoms with Gasteiger partial charge in [-0.2, -0.15) is 0 Å². The minimum Gasteiger partial charge on any atom is -0.395 e. The highest BCUT2D eigenvalue weighted by molar-refractivity contribution is 6.34. The summed E-state index contributed by atoms with van der Waals surface area (Å²) in [6.45, 7) is 1.69. The molecular formula is C11H15Cl2NO2. The number of hydrogen-bond donors (Lipinski definition) is 3. The van der Waals surface area contributed by atoms with Crippen LogP contribution in [0.5, 0.6) is 0 Å². The van der Waals surface area contributed by atoms with Crippen LogP contribution in [-0.4, -0.2) is 29.5 Å². The highest BCUT2D eigenvalue weighted by Gasteiger charge is 2.12. The summed E-state index contributed by atoms with van der Waals surface area (Å²) in [6.07, 6.45) is 0. The first-order valence-electron chi connectivity index (χ1n) is 5.00. The second kappa shape index (κ2) is 6.42. The zero-order valence-electron chi connectivity index (χ0n) is 8.95. The lowest BCUT2D eigenvalue weighted by molar-refractivity contribution is 0.163. The Bertz CT molecular complexity index is 323. The summed E-state index contributed by atoms with van der Waals surface area (Å²) >= 11 is 11.8. The summed E-state index contributed by atoms with van der Waals surface area (Å²) in [4.78, 5) is 0. The van der Waals surface area contributed by atoms with Gasteiger partial charge in [-0.15, -0.1) is 0 Å². The van der Waals surface area contributed by atoms with E-state index in [0.717, 1.165) is 5.56 Å². The molecule has 90 valence electrons. The van der Waals surface area contributed by atoms with Crippen LogP contribution >= 0.6 is 23.2 Å². The van der Waals surface area contributed by atoms with E-state index in [9.17, 15) is 0 Å². The van der Waals surface area contributed by atoms with Gasteiger partial charge in [-0.1, -0.05) is 23.2 Å². The second-order valence-corrected chi connectivity index (χ2v) is 4.53. The molecule has 0 amide bonds. The van der Waals surface area contributed by atoms with Crippen molar-refractivity contribution in [3.8, 4) is 0 Å². The molecule has 1 aromatic rings. The van der Waals surface area contributed by atoms with Crippen LogP contribution in [-0.2, 0) is 0 Å². The lowest BCUT2D eigenvalue weighted by Crippen LogP contribution is -2.37. The maximum absolute atomic E-state index is 8.96. The van der Waals surface area contributed by atoms with E-state index in [1.165, 1.54) is 0 Å². The lowest BCUT2D eigenvalue weighted by atomic mass is 10.1. The monoisotopic (exact) mass is 263 g/mol. The molecule has 0 spiro atoms. The number of hydrogen-bond acceptors (Lipinski definition) is 3. The van der Waals surface area contributed by atoms with Crippen LogP contribution in [0.25, 0.3) is 0 Å². The fourth-order valence-corrected chi connectivity index (χ4v) is 1.98. The number of halogens is 2. The van der Waals surface area contributed by atoms with Crippen molar-refractivity contribution < 1.29 is 10.2 Å². The van der Waals surface area contributed by atoms with Crippen molar-refractivity contribution in [2.45, 2.75) is 19.0 Å². The van der Waals surface area contributed by atoms with Crippen LogP contribution in [0.15, 0.2) is 18.2 Å². The van der Waals surface area contributed by atoms with Gasteiger partial charge < -0.3 is 15.5 Å². The van der Waals surface area contributed by atoms with Crippen molar-refractivity contribution in [1.29, 1.82) is 0 Å². The van der Waals surface area contributed by atoms with Crippen LogP contribution < -0.4 is 5.32 Å². The molecule has 0 bridgehead atoms. The standard InChI is InChI=1S/C11H15Cl2NO2/c1-7(14-11(5-15)6-16)8-2-9(12)4-10(13)3-8/h2-4,7,11,14-16H,5-6H2,1H3. The summed E-state index contributed by atoms with van der Waals surface area (Å²) in [6, 6.07) is 4.89. The Hall–Kier alpha value is -0.320. The smallest absolute Gasteiger partial charge is 0.0607 e. The normalized spacial score (nSPS) is 13.1. The molecule has 1 atom stereocenters. The van der Waals surface area contributed by atoms with E-state index in [4.69, 9.17) is 33.4 Å². The molecule has 1 aromatic carbocycles. The molecule has 0 saturated carbocycles. The van der Waals surface area contributed by atoms with Crippen molar-refractivity contribution in [3.05, 3.63) is 33.8 Å². The number of nitrogens with one attached hydrogen (secondary N) is 1. The maximum atomic E-state index is 8.96. The molecule has 5 heteroatoms. The van der Waals surface area contributed by atoms with E-state index in [1.54, 1.807) is 18.2 Å². The van der Waals surface area contributed by atoms with Crippen LogP contribution in [0.4, 0.5) is 0 Å². The highest BCUT2D eigenvalue weighted by Crippen LogP contribution is 2.23. The Morgan fingerprint density at radius 1 is 1.12 bits per heavy atom. The van der Waals surface area contributed by atoms with E-state index in [2.05, 4.69) is 5.32 Å². The first-order valence-corrected chi connectivity index (χ1v) is 5.76. The number of benzene rings is 1.